The number of piperazine rings is 1. The number of primary amides is 1. The summed E-state index contributed by atoms with van der Waals surface area (Å²) in [6.07, 6.45) is 0. The molecule has 0 radical (unpaired) electrons. The predicted octanol–water partition coefficient (Wildman–Crippen LogP) is 3.96. The summed E-state index contributed by atoms with van der Waals surface area (Å²) in [6.45, 7) is 3.52. The highest BCUT2D eigenvalue weighted by Gasteiger charge is 2.19. The Morgan fingerprint density at radius 3 is 2.00 bits per heavy atom. The average Bonchev–Trinajstić information content (AvgIpc) is 2.85. The lowest BCUT2D eigenvalue weighted by Gasteiger charge is -2.35. The van der Waals surface area contributed by atoms with Crippen molar-refractivity contribution in [2.75, 3.05) is 42.9 Å². The number of hydrogen-bond acceptors (Lipinski definition) is 6. The van der Waals surface area contributed by atoms with E-state index < -0.39 is 5.91 Å². The van der Waals surface area contributed by atoms with Crippen molar-refractivity contribution in [2.24, 2.45) is 16.0 Å². The maximum atomic E-state index is 12.5. The number of carbonyl (C=O) groups excluding carboxylic acids is 2. The van der Waals surface area contributed by atoms with Gasteiger partial charge in [-0.3, -0.25) is 14.5 Å². The Bertz CT molecular complexity index is 1110. The van der Waals surface area contributed by atoms with Crippen LogP contribution in [-0.4, -0.2) is 49.4 Å². The van der Waals surface area contributed by atoms with Crippen LogP contribution in [0.15, 0.2) is 89.1 Å². The molecule has 1 heterocycles. The van der Waals surface area contributed by atoms with Gasteiger partial charge in [0.2, 0.25) is 11.8 Å². The van der Waals surface area contributed by atoms with Gasteiger partial charge in [-0.05, 0) is 60.7 Å². The minimum atomic E-state index is -0.427. The summed E-state index contributed by atoms with van der Waals surface area (Å²) in [5.41, 5.74) is 9.09. The maximum absolute atomic E-state index is 12.5. The first-order valence-electron chi connectivity index (χ1n) is 10.8. The molecule has 8 heteroatoms. The summed E-state index contributed by atoms with van der Waals surface area (Å²) < 4.78 is 0. The smallest absolute Gasteiger partial charge is 0.248 e. The zero-order valence-corrected chi connectivity index (χ0v) is 18.2. The number of anilines is 2. The molecule has 0 atom stereocenters. The summed E-state index contributed by atoms with van der Waals surface area (Å²) >= 11 is 0. The van der Waals surface area contributed by atoms with Gasteiger partial charge < -0.3 is 16.0 Å². The summed E-state index contributed by atoms with van der Waals surface area (Å²) in [7, 11) is 0. The molecule has 0 aromatic heterocycles. The Labute approximate surface area is 192 Å². The van der Waals surface area contributed by atoms with Crippen molar-refractivity contribution in [2.45, 2.75) is 0 Å². The molecule has 3 aromatic carbocycles. The Morgan fingerprint density at radius 1 is 0.788 bits per heavy atom. The SMILES string of the molecule is NC(=O)c1ccc(N2CCN(CC(=O)Nc3ccc(N=Nc4ccccc4)cc3)CC2)cc1. The lowest BCUT2D eigenvalue weighted by molar-refractivity contribution is -0.117. The van der Waals surface area contributed by atoms with E-state index in [2.05, 4.69) is 25.3 Å². The summed E-state index contributed by atoms with van der Waals surface area (Å²) in [6, 6.07) is 24.1. The summed E-state index contributed by atoms with van der Waals surface area (Å²) in [5, 5.41) is 11.3. The fraction of sp³-hybridized carbons (Fsp3) is 0.200. The number of carbonyl (C=O) groups is 2. The summed E-state index contributed by atoms with van der Waals surface area (Å²) in [4.78, 5) is 28.1. The van der Waals surface area contributed by atoms with Gasteiger partial charge in [-0.15, -0.1) is 0 Å². The highest BCUT2D eigenvalue weighted by atomic mass is 16.2. The van der Waals surface area contributed by atoms with Crippen LogP contribution in [-0.2, 0) is 4.79 Å². The molecule has 0 aliphatic carbocycles. The van der Waals surface area contributed by atoms with Gasteiger partial charge >= 0.3 is 0 Å². The van der Waals surface area contributed by atoms with Gasteiger partial charge in [-0.1, -0.05) is 18.2 Å². The normalized spacial score (nSPS) is 14.4. The van der Waals surface area contributed by atoms with Crippen molar-refractivity contribution in [1.29, 1.82) is 0 Å². The van der Waals surface area contributed by atoms with E-state index in [0.29, 0.717) is 12.1 Å². The fourth-order valence-electron chi connectivity index (χ4n) is 3.63. The van der Waals surface area contributed by atoms with Crippen molar-refractivity contribution < 1.29 is 9.59 Å². The zero-order chi connectivity index (χ0) is 23.0. The third-order valence-corrected chi connectivity index (χ3v) is 5.44. The number of nitrogens with one attached hydrogen (secondary N) is 1. The van der Waals surface area contributed by atoms with Crippen LogP contribution in [0.4, 0.5) is 22.7 Å². The molecule has 2 amide bonds. The highest BCUT2D eigenvalue weighted by Crippen LogP contribution is 2.20. The van der Waals surface area contributed by atoms with Crippen LogP contribution in [0.25, 0.3) is 0 Å². The molecule has 3 N–H and O–H groups in total. The first-order valence-corrected chi connectivity index (χ1v) is 10.8. The molecule has 1 fully saturated rings. The largest absolute Gasteiger partial charge is 0.369 e. The predicted molar refractivity (Wildman–Crippen MR) is 129 cm³/mol. The molecular formula is C25H26N6O2. The first kappa shape index (κ1) is 22.2. The Morgan fingerprint density at radius 2 is 1.39 bits per heavy atom. The Kier molecular flexibility index (Phi) is 7.06. The van der Waals surface area contributed by atoms with Crippen LogP contribution in [0.1, 0.15) is 10.4 Å². The third kappa shape index (κ3) is 6.24. The lowest BCUT2D eigenvalue weighted by atomic mass is 10.1. The molecule has 0 unspecified atom stereocenters. The van der Waals surface area contributed by atoms with E-state index in [1.165, 1.54) is 0 Å². The van der Waals surface area contributed by atoms with Gasteiger partial charge in [0.05, 0.1) is 17.9 Å². The van der Waals surface area contributed by atoms with Crippen molar-refractivity contribution in [3.8, 4) is 0 Å². The molecule has 8 nitrogen and oxygen atoms in total. The third-order valence-electron chi connectivity index (χ3n) is 5.44. The molecule has 168 valence electrons. The van der Waals surface area contributed by atoms with Crippen molar-refractivity contribution >= 4 is 34.6 Å². The lowest BCUT2D eigenvalue weighted by Crippen LogP contribution is -2.48. The number of azo groups is 1. The maximum Gasteiger partial charge on any atom is 0.248 e. The van der Waals surface area contributed by atoms with Crippen LogP contribution in [0, 0.1) is 0 Å². The second kappa shape index (κ2) is 10.5. The fourth-order valence-corrected chi connectivity index (χ4v) is 3.63. The molecule has 1 saturated heterocycles. The standard InChI is InChI=1S/C25H26N6O2/c26-25(33)19-6-12-23(13-7-19)31-16-14-30(15-17-31)18-24(32)27-20-8-10-22(11-9-20)29-28-21-4-2-1-3-5-21/h1-13H,14-18H2,(H2,26,33)(H,27,32). The summed E-state index contributed by atoms with van der Waals surface area (Å²) in [5.74, 6) is -0.475. The van der Waals surface area contributed by atoms with Crippen molar-refractivity contribution in [3.05, 3.63) is 84.4 Å². The molecule has 0 saturated carbocycles. The quantitative estimate of drug-likeness (QED) is 0.541. The number of benzene rings is 3. The number of nitrogens with zero attached hydrogens (tertiary/aromatic N) is 4. The van der Waals surface area contributed by atoms with E-state index in [-0.39, 0.29) is 5.91 Å². The van der Waals surface area contributed by atoms with Gasteiger partial charge in [-0.2, -0.15) is 10.2 Å². The second-order valence-corrected chi connectivity index (χ2v) is 7.80. The van der Waals surface area contributed by atoms with Gasteiger partial charge in [0.15, 0.2) is 0 Å². The number of rotatable bonds is 7. The molecule has 1 aliphatic rings. The van der Waals surface area contributed by atoms with Crippen LogP contribution in [0.3, 0.4) is 0 Å². The molecule has 3 aromatic rings. The van der Waals surface area contributed by atoms with Crippen LogP contribution in [0.5, 0.6) is 0 Å². The van der Waals surface area contributed by atoms with Crippen molar-refractivity contribution in [3.63, 3.8) is 0 Å². The van der Waals surface area contributed by atoms with Crippen LogP contribution >= 0.6 is 0 Å². The van der Waals surface area contributed by atoms with E-state index in [4.69, 9.17) is 5.73 Å². The topological polar surface area (TPSA) is 103 Å². The van der Waals surface area contributed by atoms with E-state index >= 15 is 0 Å². The molecule has 0 spiro atoms. The monoisotopic (exact) mass is 442 g/mol. The highest BCUT2D eigenvalue weighted by molar-refractivity contribution is 5.93. The molecule has 1 aliphatic heterocycles. The van der Waals surface area contributed by atoms with Gasteiger partial charge in [0.1, 0.15) is 0 Å². The first-order chi connectivity index (χ1) is 16.1. The minimum Gasteiger partial charge on any atom is -0.369 e. The van der Waals surface area contributed by atoms with E-state index in [0.717, 1.165) is 48.9 Å². The van der Waals surface area contributed by atoms with Crippen LogP contribution < -0.4 is 16.0 Å². The zero-order valence-electron chi connectivity index (χ0n) is 18.2. The van der Waals surface area contributed by atoms with E-state index in [9.17, 15) is 9.59 Å². The van der Waals surface area contributed by atoms with Crippen LogP contribution in [0.2, 0.25) is 0 Å². The van der Waals surface area contributed by atoms with E-state index in [1.54, 1.807) is 12.1 Å². The molecule has 0 bridgehead atoms. The van der Waals surface area contributed by atoms with Crippen molar-refractivity contribution in [1.82, 2.24) is 4.90 Å². The number of hydrogen-bond donors (Lipinski definition) is 2. The Hall–Kier alpha value is -4.04. The number of amides is 2. The molecular weight excluding hydrogens is 416 g/mol. The van der Waals surface area contributed by atoms with Gasteiger partial charge in [-0.25, -0.2) is 0 Å². The van der Waals surface area contributed by atoms with Gasteiger partial charge in [0, 0.05) is 43.1 Å². The number of nitrogens with two attached hydrogens (primary N) is 1. The average molecular weight is 443 g/mol. The minimum absolute atomic E-state index is 0.0482. The Balaban J connectivity index is 1.23. The van der Waals surface area contributed by atoms with E-state index in [1.807, 2.05) is 66.7 Å². The molecule has 4 rings (SSSR count). The van der Waals surface area contributed by atoms with Gasteiger partial charge in [0.25, 0.3) is 0 Å². The second-order valence-electron chi connectivity index (χ2n) is 7.80. The molecule has 33 heavy (non-hydrogen) atoms.